The molecule has 0 N–H and O–H groups in total. The van der Waals surface area contributed by atoms with E-state index in [4.69, 9.17) is 0 Å². The number of piperazine rings is 2. The number of hydrogen-bond acceptors (Lipinski definition) is 5. The zero-order chi connectivity index (χ0) is 20.3. The Balaban J connectivity index is 1.49. The summed E-state index contributed by atoms with van der Waals surface area (Å²) in [5.74, 6) is -0.418. The highest BCUT2D eigenvalue weighted by Crippen LogP contribution is 2.22. The number of hydrogen-bond donors (Lipinski definition) is 0. The summed E-state index contributed by atoms with van der Waals surface area (Å²) in [5.41, 5.74) is 0.867. The molecule has 0 aromatic heterocycles. The van der Waals surface area contributed by atoms with Crippen molar-refractivity contribution < 1.29 is 18.8 Å². The van der Waals surface area contributed by atoms with E-state index >= 15 is 0 Å². The van der Waals surface area contributed by atoms with Gasteiger partial charge in [0.25, 0.3) is 0 Å². The Morgan fingerprint density at radius 2 is 1.50 bits per heavy atom. The molecule has 2 aliphatic rings. The number of benzene rings is 1. The van der Waals surface area contributed by atoms with E-state index in [0.717, 1.165) is 0 Å². The lowest BCUT2D eigenvalue weighted by Crippen LogP contribution is -2.54. The van der Waals surface area contributed by atoms with E-state index in [1.54, 1.807) is 24.0 Å². The maximum Gasteiger partial charge on any atom is 0.236 e. The van der Waals surface area contributed by atoms with Gasteiger partial charge < -0.3 is 14.7 Å². The normalized spacial score (nSPS) is 18.3. The van der Waals surface area contributed by atoms with Crippen LogP contribution in [0.3, 0.4) is 0 Å². The van der Waals surface area contributed by atoms with Crippen LogP contribution in [0.15, 0.2) is 18.2 Å². The van der Waals surface area contributed by atoms with Crippen LogP contribution in [-0.4, -0.2) is 91.2 Å². The van der Waals surface area contributed by atoms with E-state index in [9.17, 15) is 18.8 Å². The number of rotatable bonds is 4. The van der Waals surface area contributed by atoms with Gasteiger partial charge in [-0.1, -0.05) is 0 Å². The van der Waals surface area contributed by atoms with E-state index in [-0.39, 0.29) is 23.4 Å². The van der Waals surface area contributed by atoms with Crippen LogP contribution in [0.4, 0.5) is 10.1 Å². The number of halogens is 1. The summed E-state index contributed by atoms with van der Waals surface area (Å²) in [6.45, 7) is 8.24. The molecular weight excluding hydrogens is 363 g/mol. The lowest BCUT2D eigenvalue weighted by molar-refractivity contribution is -0.139. The summed E-state index contributed by atoms with van der Waals surface area (Å²) in [6.07, 6.45) is 0. The molecule has 0 atom stereocenters. The van der Waals surface area contributed by atoms with Gasteiger partial charge in [0.15, 0.2) is 5.78 Å². The van der Waals surface area contributed by atoms with Crippen LogP contribution in [0, 0.1) is 5.82 Å². The first-order chi connectivity index (χ1) is 13.3. The van der Waals surface area contributed by atoms with Crippen molar-refractivity contribution in [3.05, 3.63) is 29.6 Å². The van der Waals surface area contributed by atoms with Crippen molar-refractivity contribution in [3.63, 3.8) is 0 Å². The molecule has 2 aliphatic heterocycles. The number of Topliss-reactive ketones (excluding diaryl/α,β-unsaturated/α-hetero) is 1. The molecule has 28 heavy (non-hydrogen) atoms. The van der Waals surface area contributed by atoms with E-state index in [0.29, 0.717) is 70.2 Å². The van der Waals surface area contributed by atoms with Crippen LogP contribution in [-0.2, 0) is 9.59 Å². The number of nitrogens with zero attached hydrogens (tertiary/aromatic N) is 4. The van der Waals surface area contributed by atoms with E-state index in [2.05, 4.69) is 4.90 Å². The number of amides is 2. The first kappa shape index (κ1) is 20.3. The lowest BCUT2D eigenvalue weighted by atomic mass is 10.1. The highest BCUT2D eigenvalue weighted by atomic mass is 19.1. The Kier molecular flexibility index (Phi) is 6.28. The Hall–Kier alpha value is -2.48. The Bertz CT molecular complexity index is 754. The summed E-state index contributed by atoms with van der Waals surface area (Å²) in [4.78, 5) is 42.9. The fourth-order valence-electron chi connectivity index (χ4n) is 3.69. The summed E-state index contributed by atoms with van der Waals surface area (Å²) in [7, 11) is 0. The zero-order valence-electron chi connectivity index (χ0n) is 16.5. The Morgan fingerprint density at radius 3 is 2.04 bits per heavy atom. The largest absolute Gasteiger partial charge is 0.367 e. The molecule has 0 spiro atoms. The zero-order valence-corrected chi connectivity index (χ0v) is 16.5. The van der Waals surface area contributed by atoms with E-state index in [1.165, 1.54) is 13.0 Å². The highest BCUT2D eigenvalue weighted by molar-refractivity contribution is 5.94. The minimum Gasteiger partial charge on any atom is -0.367 e. The second kappa shape index (κ2) is 8.68. The van der Waals surface area contributed by atoms with Crippen LogP contribution in [0.1, 0.15) is 24.2 Å². The molecule has 1 aromatic carbocycles. The fraction of sp³-hybridized carbons (Fsp3) is 0.550. The predicted molar refractivity (Wildman–Crippen MR) is 104 cm³/mol. The molecule has 2 saturated heterocycles. The van der Waals surface area contributed by atoms with Gasteiger partial charge in [0.1, 0.15) is 5.82 Å². The van der Waals surface area contributed by atoms with Gasteiger partial charge in [-0.05, 0) is 25.1 Å². The molecule has 0 saturated carbocycles. The van der Waals surface area contributed by atoms with Gasteiger partial charge in [0.05, 0.1) is 12.2 Å². The van der Waals surface area contributed by atoms with Gasteiger partial charge in [0.2, 0.25) is 11.8 Å². The molecule has 1 aromatic rings. The molecule has 3 rings (SSSR count). The molecule has 152 valence electrons. The number of anilines is 1. The predicted octanol–water partition coefficient (Wildman–Crippen LogP) is 0.841. The molecule has 2 amide bonds. The number of carbonyl (C=O) groups excluding carboxylic acids is 3. The van der Waals surface area contributed by atoms with Gasteiger partial charge in [-0.25, -0.2) is 4.39 Å². The van der Waals surface area contributed by atoms with Gasteiger partial charge in [-0.15, -0.1) is 0 Å². The molecule has 2 heterocycles. The van der Waals surface area contributed by atoms with Crippen molar-refractivity contribution in [2.45, 2.75) is 13.8 Å². The van der Waals surface area contributed by atoms with Crippen molar-refractivity contribution in [1.82, 2.24) is 14.7 Å². The van der Waals surface area contributed by atoms with E-state index < -0.39 is 0 Å². The molecule has 0 aliphatic carbocycles. The number of carbonyl (C=O) groups is 3. The van der Waals surface area contributed by atoms with Crippen molar-refractivity contribution >= 4 is 23.3 Å². The summed E-state index contributed by atoms with van der Waals surface area (Å²) >= 11 is 0. The van der Waals surface area contributed by atoms with Crippen molar-refractivity contribution in [2.24, 2.45) is 0 Å². The molecule has 7 nitrogen and oxygen atoms in total. The van der Waals surface area contributed by atoms with Gasteiger partial charge in [-0.3, -0.25) is 19.3 Å². The smallest absolute Gasteiger partial charge is 0.236 e. The third kappa shape index (κ3) is 4.67. The third-order valence-corrected chi connectivity index (χ3v) is 5.50. The van der Waals surface area contributed by atoms with Crippen LogP contribution >= 0.6 is 0 Å². The van der Waals surface area contributed by atoms with Gasteiger partial charge in [0, 0.05) is 64.8 Å². The quantitative estimate of drug-likeness (QED) is 0.713. The molecule has 8 heteroatoms. The second-order valence-electron chi connectivity index (χ2n) is 7.37. The maximum atomic E-state index is 14.3. The molecule has 0 unspecified atom stereocenters. The standard InChI is InChI=1S/C20H27FN4O3/c1-15(26)17-3-4-19(18(21)13-17)24-7-5-22(6-8-24)14-20(28)25-11-9-23(10-12-25)16(2)27/h3-4,13H,5-12,14H2,1-2H3. The van der Waals surface area contributed by atoms with Crippen molar-refractivity contribution in [3.8, 4) is 0 Å². The summed E-state index contributed by atoms with van der Waals surface area (Å²) < 4.78 is 14.3. The van der Waals surface area contributed by atoms with Crippen LogP contribution in [0.5, 0.6) is 0 Å². The second-order valence-corrected chi connectivity index (χ2v) is 7.37. The minimum atomic E-state index is -0.388. The molecular formula is C20H27FN4O3. The van der Waals surface area contributed by atoms with Gasteiger partial charge in [-0.2, -0.15) is 0 Å². The average molecular weight is 390 g/mol. The molecule has 0 radical (unpaired) electrons. The van der Waals surface area contributed by atoms with Crippen LogP contribution in [0.25, 0.3) is 0 Å². The monoisotopic (exact) mass is 390 g/mol. The third-order valence-electron chi connectivity index (χ3n) is 5.50. The molecule has 0 bridgehead atoms. The van der Waals surface area contributed by atoms with Crippen molar-refractivity contribution in [1.29, 1.82) is 0 Å². The maximum absolute atomic E-state index is 14.3. The highest BCUT2D eigenvalue weighted by Gasteiger charge is 2.26. The van der Waals surface area contributed by atoms with Crippen molar-refractivity contribution in [2.75, 3.05) is 63.8 Å². The first-order valence-corrected chi connectivity index (χ1v) is 9.66. The summed E-state index contributed by atoms with van der Waals surface area (Å²) in [5, 5.41) is 0. The molecule has 2 fully saturated rings. The first-order valence-electron chi connectivity index (χ1n) is 9.66. The van der Waals surface area contributed by atoms with Gasteiger partial charge >= 0.3 is 0 Å². The van der Waals surface area contributed by atoms with Crippen LogP contribution < -0.4 is 4.90 Å². The average Bonchev–Trinajstić information content (AvgIpc) is 2.68. The topological polar surface area (TPSA) is 64.2 Å². The SMILES string of the molecule is CC(=O)c1ccc(N2CCN(CC(=O)N3CCN(C(C)=O)CC3)CC2)c(F)c1. The Labute approximate surface area is 164 Å². The summed E-state index contributed by atoms with van der Waals surface area (Å²) in [6, 6.07) is 4.59. The fourth-order valence-corrected chi connectivity index (χ4v) is 3.69. The number of ketones is 1. The Morgan fingerprint density at radius 1 is 0.893 bits per heavy atom. The van der Waals surface area contributed by atoms with E-state index in [1.807, 2.05) is 9.80 Å². The lowest BCUT2D eigenvalue weighted by Gasteiger charge is -2.38. The van der Waals surface area contributed by atoms with Crippen LogP contribution in [0.2, 0.25) is 0 Å². The minimum absolute atomic E-state index is 0.0480.